The van der Waals surface area contributed by atoms with Crippen LogP contribution in [0.3, 0.4) is 0 Å². The SMILES string of the molecule is CC(C)CC(S)(S)S(=O)(=O)O. The van der Waals surface area contributed by atoms with Crippen molar-refractivity contribution in [2.45, 2.75) is 23.7 Å². The van der Waals surface area contributed by atoms with Crippen LogP contribution in [0.2, 0.25) is 0 Å². The van der Waals surface area contributed by atoms with Gasteiger partial charge in [-0.1, -0.05) is 13.8 Å². The van der Waals surface area contributed by atoms with Gasteiger partial charge in [-0.3, -0.25) is 4.55 Å². The number of hydrogen-bond donors (Lipinski definition) is 3. The lowest BCUT2D eigenvalue weighted by molar-refractivity contribution is 0.463. The lowest BCUT2D eigenvalue weighted by Crippen LogP contribution is -2.27. The molecule has 0 aromatic heterocycles. The van der Waals surface area contributed by atoms with E-state index >= 15 is 0 Å². The molecule has 0 fully saturated rings. The van der Waals surface area contributed by atoms with E-state index in [-0.39, 0.29) is 12.3 Å². The van der Waals surface area contributed by atoms with Crippen molar-refractivity contribution in [1.82, 2.24) is 0 Å². The van der Waals surface area contributed by atoms with Gasteiger partial charge in [-0.15, -0.1) is 25.3 Å². The Morgan fingerprint density at radius 2 is 1.82 bits per heavy atom. The van der Waals surface area contributed by atoms with E-state index in [1.807, 2.05) is 13.8 Å². The molecule has 0 saturated heterocycles. The molecule has 0 radical (unpaired) electrons. The molecule has 0 saturated carbocycles. The van der Waals surface area contributed by atoms with Crippen molar-refractivity contribution in [3.8, 4) is 0 Å². The molecule has 0 aliphatic rings. The predicted octanol–water partition coefficient (Wildman–Crippen LogP) is 1.43. The predicted molar refractivity (Wildman–Crippen MR) is 51.7 cm³/mol. The van der Waals surface area contributed by atoms with Gasteiger partial charge in [-0.05, 0) is 12.3 Å². The molecule has 0 aliphatic carbocycles. The Labute approximate surface area is 78.1 Å². The molecular formula is C5H12O3S3. The first-order valence-electron chi connectivity index (χ1n) is 3.08. The Balaban J connectivity index is 4.49. The first-order chi connectivity index (χ1) is 4.67. The van der Waals surface area contributed by atoms with E-state index in [1.165, 1.54) is 0 Å². The lowest BCUT2D eigenvalue weighted by atomic mass is 10.2. The zero-order chi connectivity index (χ0) is 9.28. The minimum absolute atomic E-state index is 0.118. The van der Waals surface area contributed by atoms with Crippen LogP contribution in [0.25, 0.3) is 0 Å². The molecule has 0 bridgehead atoms. The Morgan fingerprint density at radius 1 is 1.45 bits per heavy atom. The largest absolute Gasteiger partial charge is 0.289 e. The molecular weight excluding hydrogens is 204 g/mol. The molecule has 0 aromatic carbocycles. The average Bonchev–Trinajstić information content (AvgIpc) is 1.56. The normalized spacial score (nSPS) is 14.0. The highest BCUT2D eigenvalue weighted by atomic mass is 32.3. The highest BCUT2D eigenvalue weighted by Gasteiger charge is 2.35. The second-order valence-electron chi connectivity index (χ2n) is 2.82. The van der Waals surface area contributed by atoms with E-state index in [4.69, 9.17) is 4.55 Å². The Morgan fingerprint density at radius 3 is 1.91 bits per heavy atom. The number of thiol groups is 2. The van der Waals surface area contributed by atoms with E-state index in [1.54, 1.807) is 0 Å². The van der Waals surface area contributed by atoms with Crippen LogP contribution in [0, 0.1) is 5.92 Å². The van der Waals surface area contributed by atoms with Gasteiger partial charge in [-0.25, -0.2) is 0 Å². The Kier molecular flexibility index (Phi) is 3.75. The highest BCUT2D eigenvalue weighted by Crippen LogP contribution is 2.32. The van der Waals surface area contributed by atoms with Gasteiger partial charge < -0.3 is 0 Å². The van der Waals surface area contributed by atoms with Crippen LogP contribution in [-0.2, 0) is 10.1 Å². The minimum atomic E-state index is -4.17. The minimum Gasteiger partial charge on any atom is -0.284 e. The zero-order valence-corrected chi connectivity index (χ0v) is 8.96. The van der Waals surface area contributed by atoms with Crippen molar-refractivity contribution in [2.24, 2.45) is 5.92 Å². The van der Waals surface area contributed by atoms with Crippen LogP contribution in [0.15, 0.2) is 0 Å². The maximum Gasteiger partial charge on any atom is 0.289 e. The average molecular weight is 216 g/mol. The van der Waals surface area contributed by atoms with E-state index in [0.29, 0.717) is 0 Å². The monoisotopic (exact) mass is 216 g/mol. The van der Waals surface area contributed by atoms with Crippen LogP contribution < -0.4 is 0 Å². The van der Waals surface area contributed by atoms with Crippen LogP contribution in [0.4, 0.5) is 0 Å². The second-order valence-corrected chi connectivity index (χ2v) is 6.95. The van der Waals surface area contributed by atoms with Gasteiger partial charge in [0, 0.05) is 0 Å². The van der Waals surface area contributed by atoms with Crippen LogP contribution in [0.5, 0.6) is 0 Å². The molecule has 0 unspecified atom stereocenters. The molecule has 6 heteroatoms. The molecule has 0 aromatic rings. The van der Waals surface area contributed by atoms with Gasteiger partial charge in [0.1, 0.15) is 0 Å². The molecule has 3 nitrogen and oxygen atoms in total. The lowest BCUT2D eigenvalue weighted by Gasteiger charge is -2.20. The first kappa shape index (κ1) is 11.6. The molecule has 0 spiro atoms. The summed E-state index contributed by atoms with van der Waals surface area (Å²) in [6.45, 7) is 3.65. The van der Waals surface area contributed by atoms with Crippen LogP contribution >= 0.6 is 25.3 Å². The molecule has 1 N–H and O–H groups in total. The van der Waals surface area contributed by atoms with Crippen molar-refractivity contribution in [1.29, 1.82) is 0 Å². The third-order valence-corrected chi connectivity index (χ3v) is 3.83. The van der Waals surface area contributed by atoms with E-state index in [0.717, 1.165) is 0 Å². The molecule has 0 atom stereocenters. The molecule has 0 amide bonds. The maximum atomic E-state index is 10.6. The summed E-state index contributed by atoms with van der Waals surface area (Å²) < 4.78 is 28.2. The number of rotatable bonds is 3. The first-order valence-corrected chi connectivity index (χ1v) is 5.42. The highest BCUT2D eigenvalue weighted by molar-refractivity contribution is 8.18. The summed E-state index contributed by atoms with van der Waals surface area (Å²) >= 11 is 7.47. The summed E-state index contributed by atoms with van der Waals surface area (Å²) in [6, 6.07) is 0. The van der Waals surface area contributed by atoms with Gasteiger partial charge in [0.05, 0.1) is 0 Å². The summed E-state index contributed by atoms with van der Waals surface area (Å²) in [5.41, 5.74) is 0. The van der Waals surface area contributed by atoms with Crippen molar-refractivity contribution in [2.75, 3.05) is 0 Å². The van der Waals surface area contributed by atoms with Gasteiger partial charge in [-0.2, -0.15) is 8.42 Å². The summed E-state index contributed by atoms with van der Waals surface area (Å²) in [4.78, 5) is 0. The molecule has 0 rings (SSSR count). The van der Waals surface area contributed by atoms with E-state index in [9.17, 15) is 8.42 Å². The second kappa shape index (κ2) is 3.55. The smallest absolute Gasteiger partial charge is 0.284 e. The van der Waals surface area contributed by atoms with Gasteiger partial charge in [0.15, 0.2) is 3.41 Å². The fourth-order valence-electron chi connectivity index (χ4n) is 0.637. The topological polar surface area (TPSA) is 54.4 Å². The van der Waals surface area contributed by atoms with Crippen molar-refractivity contribution >= 4 is 35.4 Å². The Bertz CT molecular complexity index is 217. The van der Waals surface area contributed by atoms with Crippen LogP contribution in [0.1, 0.15) is 20.3 Å². The van der Waals surface area contributed by atoms with Crippen molar-refractivity contribution < 1.29 is 13.0 Å². The summed E-state index contributed by atoms with van der Waals surface area (Å²) in [6.07, 6.45) is 0.206. The zero-order valence-electron chi connectivity index (χ0n) is 6.35. The summed E-state index contributed by atoms with van der Waals surface area (Å²) in [7, 11) is -4.17. The van der Waals surface area contributed by atoms with E-state index < -0.39 is 13.5 Å². The molecule has 0 heterocycles. The fraction of sp³-hybridized carbons (Fsp3) is 1.00. The van der Waals surface area contributed by atoms with Crippen molar-refractivity contribution in [3.63, 3.8) is 0 Å². The molecule has 11 heavy (non-hydrogen) atoms. The quantitative estimate of drug-likeness (QED) is 0.380. The van der Waals surface area contributed by atoms with Gasteiger partial charge in [0.25, 0.3) is 10.1 Å². The Hall–Kier alpha value is 0.610. The van der Waals surface area contributed by atoms with E-state index in [2.05, 4.69) is 25.3 Å². The number of hydrogen-bond acceptors (Lipinski definition) is 4. The molecule has 68 valence electrons. The van der Waals surface area contributed by atoms with Gasteiger partial charge >= 0.3 is 0 Å². The summed E-state index contributed by atoms with van der Waals surface area (Å²) in [5, 5.41) is 0. The summed E-state index contributed by atoms with van der Waals surface area (Å²) in [5.74, 6) is 0.118. The maximum absolute atomic E-state index is 10.6. The van der Waals surface area contributed by atoms with Gasteiger partial charge in [0.2, 0.25) is 0 Å². The standard InChI is InChI=1S/C5H12O3S3/c1-4(2)3-5(9,10)11(6,7)8/h4,9-10H,3H2,1-2H3,(H,6,7,8). The van der Waals surface area contributed by atoms with Crippen molar-refractivity contribution in [3.05, 3.63) is 0 Å². The molecule has 0 aliphatic heterocycles. The van der Waals surface area contributed by atoms with Crippen LogP contribution in [-0.4, -0.2) is 16.4 Å². The fourth-order valence-corrected chi connectivity index (χ4v) is 1.91. The third-order valence-electron chi connectivity index (χ3n) is 1.09. The third kappa shape index (κ3) is 3.68.